The zero-order valence-corrected chi connectivity index (χ0v) is 8.18. The van der Waals surface area contributed by atoms with Crippen LogP contribution in [0.3, 0.4) is 0 Å². The van der Waals surface area contributed by atoms with Gasteiger partial charge in [-0.2, -0.15) is 7.82 Å². The molecule has 0 saturated heterocycles. The molecule has 0 heterocycles. The van der Waals surface area contributed by atoms with E-state index in [1.807, 2.05) is 0 Å². The van der Waals surface area contributed by atoms with Crippen molar-refractivity contribution in [2.24, 2.45) is 0 Å². The molecule has 0 rings (SSSR count). The van der Waals surface area contributed by atoms with Gasteiger partial charge in [0.2, 0.25) is 0 Å². The smallest absolute Gasteiger partial charge is 0.822 e. The SMILES string of the molecule is O=P([O-])([O-])[O-].[La+3].[Li+]. The van der Waals surface area contributed by atoms with E-state index in [0.29, 0.717) is 0 Å². The molecule has 0 spiro atoms. The molecule has 0 fully saturated rings. The molecule has 0 unspecified atom stereocenters. The van der Waals surface area contributed by atoms with E-state index >= 15 is 0 Å². The maximum Gasteiger partial charge on any atom is 3.00 e. The van der Waals surface area contributed by atoms with E-state index in [1.165, 1.54) is 0 Å². The van der Waals surface area contributed by atoms with Crippen LogP contribution < -0.4 is 33.5 Å². The normalized spacial score (nSPS) is 8.43. The minimum atomic E-state index is -5.39. The standard InChI is InChI=1S/La.Li.H3O4P/c;;1-5(2,3)4/h;;(H3,1,2,3,4)/q+3;+1;/p-3. The Bertz CT molecular complexity index is 57.8. The molecule has 32 valence electrons. The van der Waals surface area contributed by atoms with E-state index in [2.05, 4.69) is 0 Å². The first-order chi connectivity index (χ1) is 2.00. The predicted octanol–water partition coefficient (Wildman–Crippen LogP) is -5.82. The average molecular weight is 241 g/mol. The summed E-state index contributed by atoms with van der Waals surface area (Å²) in [5, 5.41) is 0. The zero-order valence-electron chi connectivity index (χ0n) is 3.66. The maximum absolute atomic E-state index is 8.55. The first-order valence-corrected chi connectivity index (χ1v) is 2.19. The summed E-state index contributed by atoms with van der Waals surface area (Å²) in [5.41, 5.74) is 0. The molecule has 0 aromatic carbocycles. The molecule has 7 heteroatoms. The number of hydrogen-bond donors (Lipinski definition) is 0. The Kier molecular flexibility index (Phi) is 13.7. The van der Waals surface area contributed by atoms with Crippen LogP contribution in [0.15, 0.2) is 0 Å². The molecule has 0 saturated carbocycles. The summed E-state index contributed by atoms with van der Waals surface area (Å²) < 4.78 is 8.55. The summed E-state index contributed by atoms with van der Waals surface area (Å²) in [5.74, 6) is 0. The maximum atomic E-state index is 8.55. The Hall–Kier alpha value is 1.90. The zero-order chi connectivity index (χ0) is 4.50. The van der Waals surface area contributed by atoms with Crippen molar-refractivity contribution in [1.29, 1.82) is 0 Å². The van der Waals surface area contributed by atoms with Gasteiger partial charge in [0.05, 0.1) is 0 Å². The number of hydrogen-bond acceptors (Lipinski definition) is 4. The van der Waals surface area contributed by atoms with E-state index in [1.54, 1.807) is 0 Å². The topological polar surface area (TPSA) is 86.2 Å². The molecular formula is LaLiO4P+. The van der Waals surface area contributed by atoms with Crippen molar-refractivity contribution < 1.29 is 73.7 Å². The van der Waals surface area contributed by atoms with Gasteiger partial charge in [-0.1, -0.05) is 0 Å². The van der Waals surface area contributed by atoms with Gasteiger partial charge >= 0.3 is 54.5 Å². The third-order valence-corrected chi connectivity index (χ3v) is 0. The summed E-state index contributed by atoms with van der Waals surface area (Å²) in [4.78, 5) is 25.6. The van der Waals surface area contributed by atoms with Crippen LogP contribution in [0.2, 0.25) is 0 Å². The molecule has 7 heavy (non-hydrogen) atoms. The van der Waals surface area contributed by atoms with Gasteiger partial charge in [-0.15, -0.1) is 0 Å². The average Bonchev–Trinajstić information content (AvgIpc) is 0.722. The second kappa shape index (κ2) is 6.03. The van der Waals surface area contributed by atoms with E-state index in [4.69, 9.17) is 19.2 Å². The predicted molar refractivity (Wildman–Crippen MR) is 7.61 cm³/mol. The van der Waals surface area contributed by atoms with Gasteiger partial charge in [-0.3, -0.25) is 0 Å². The van der Waals surface area contributed by atoms with Crippen LogP contribution in [0.5, 0.6) is 0 Å². The molecule has 0 aromatic heterocycles. The molecule has 0 amide bonds. The Morgan fingerprint density at radius 2 is 1.14 bits per heavy atom. The summed E-state index contributed by atoms with van der Waals surface area (Å²) in [6, 6.07) is 0. The Morgan fingerprint density at radius 3 is 1.14 bits per heavy atom. The fourth-order valence-electron chi connectivity index (χ4n) is 0. The fraction of sp³-hybridized carbons (Fsp3) is 0. The molecule has 0 aliphatic carbocycles. The first kappa shape index (κ1) is 16.0. The van der Waals surface area contributed by atoms with Gasteiger partial charge in [0.15, 0.2) is 0 Å². The van der Waals surface area contributed by atoms with Gasteiger partial charge in [0.25, 0.3) is 0 Å². The third kappa shape index (κ3) is 76.1. The van der Waals surface area contributed by atoms with Crippen LogP contribution in [0.25, 0.3) is 0 Å². The van der Waals surface area contributed by atoms with Crippen LogP contribution in [0, 0.1) is 35.6 Å². The van der Waals surface area contributed by atoms with Crippen molar-refractivity contribution in [3.63, 3.8) is 0 Å². The molecule has 0 atom stereocenters. The summed E-state index contributed by atoms with van der Waals surface area (Å²) >= 11 is 0. The van der Waals surface area contributed by atoms with Crippen molar-refractivity contribution in [2.45, 2.75) is 0 Å². The van der Waals surface area contributed by atoms with Gasteiger partial charge in [0.1, 0.15) is 0 Å². The quantitative estimate of drug-likeness (QED) is 0.312. The van der Waals surface area contributed by atoms with Crippen LogP contribution in [0.1, 0.15) is 0 Å². The van der Waals surface area contributed by atoms with Gasteiger partial charge in [-0.05, 0) is 0 Å². The number of phosphoric acid groups is 1. The van der Waals surface area contributed by atoms with Crippen molar-refractivity contribution in [3.05, 3.63) is 0 Å². The van der Waals surface area contributed by atoms with Crippen LogP contribution in [-0.4, -0.2) is 0 Å². The second-order valence-corrected chi connectivity index (χ2v) is 1.34. The summed E-state index contributed by atoms with van der Waals surface area (Å²) in [6.45, 7) is 0. The van der Waals surface area contributed by atoms with E-state index in [9.17, 15) is 0 Å². The molecule has 0 N–H and O–H groups in total. The Morgan fingerprint density at radius 1 is 1.14 bits per heavy atom. The molecule has 0 radical (unpaired) electrons. The van der Waals surface area contributed by atoms with Crippen molar-refractivity contribution in [1.82, 2.24) is 0 Å². The van der Waals surface area contributed by atoms with E-state index in [0.717, 1.165) is 0 Å². The molecule has 0 aliphatic heterocycles. The van der Waals surface area contributed by atoms with Crippen molar-refractivity contribution in [3.8, 4) is 0 Å². The minimum Gasteiger partial charge on any atom is -0.822 e. The number of rotatable bonds is 0. The summed E-state index contributed by atoms with van der Waals surface area (Å²) in [7, 11) is -5.39. The Labute approximate surface area is 80.7 Å². The van der Waals surface area contributed by atoms with E-state index in [-0.39, 0.29) is 54.5 Å². The largest absolute Gasteiger partial charge is 3.00 e. The van der Waals surface area contributed by atoms with Gasteiger partial charge in [-0.25, -0.2) is 0 Å². The minimum absolute atomic E-state index is 0. The van der Waals surface area contributed by atoms with Crippen LogP contribution in [-0.2, 0) is 4.57 Å². The first-order valence-electron chi connectivity index (χ1n) is 0.730. The fourth-order valence-corrected chi connectivity index (χ4v) is 0. The molecular weight excluding hydrogens is 241 g/mol. The van der Waals surface area contributed by atoms with Gasteiger partial charge < -0.3 is 19.2 Å². The van der Waals surface area contributed by atoms with E-state index < -0.39 is 7.82 Å². The van der Waals surface area contributed by atoms with Gasteiger partial charge in [0, 0.05) is 0 Å². The van der Waals surface area contributed by atoms with Crippen molar-refractivity contribution >= 4 is 7.82 Å². The van der Waals surface area contributed by atoms with Crippen molar-refractivity contribution in [2.75, 3.05) is 0 Å². The van der Waals surface area contributed by atoms with Crippen LogP contribution in [0.4, 0.5) is 0 Å². The third-order valence-electron chi connectivity index (χ3n) is 0. The molecule has 4 nitrogen and oxygen atoms in total. The molecule has 0 bridgehead atoms. The molecule has 0 aromatic rings. The van der Waals surface area contributed by atoms with Crippen LogP contribution >= 0.6 is 7.82 Å². The Balaban J connectivity index is -0.0000000800. The summed E-state index contributed by atoms with van der Waals surface area (Å²) in [6.07, 6.45) is 0. The monoisotopic (exact) mass is 241 g/mol. The molecule has 0 aliphatic rings. The second-order valence-electron chi connectivity index (χ2n) is 0.447.